The van der Waals surface area contributed by atoms with Gasteiger partial charge in [-0.2, -0.15) is 4.98 Å². The van der Waals surface area contributed by atoms with Gasteiger partial charge in [0.15, 0.2) is 0 Å². The van der Waals surface area contributed by atoms with Crippen molar-refractivity contribution in [3.8, 4) is 11.9 Å². The van der Waals surface area contributed by atoms with Crippen LogP contribution in [0.15, 0.2) is 6.07 Å². The summed E-state index contributed by atoms with van der Waals surface area (Å²) in [5.41, 5.74) is 0.830. The zero-order valence-electron chi connectivity index (χ0n) is 8.70. The molecule has 1 aromatic rings. The molecule has 0 aliphatic rings. The number of nitrogens with zero attached hydrogens (tertiary/aromatic N) is 2. The average Bonchev–Trinajstić information content (AvgIpc) is 2.17. The van der Waals surface area contributed by atoms with Crippen LogP contribution in [0.5, 0.6) is 11.9 Å². The van der Waals surface area contributed by atoms with Crippen LogP contribution in [0.3, 0.4) is 0 Å². The summed E-state index contributed by atoms with van der Waals surface area (Å²) in [6.07, 6.45) is 0. The van der Waals surface area contributed by atoms with Gasteiger partial charge in [-0.05, 0) is 14.0 Å². The lowest BCUT2D eigenvalue weighted by Gasteiger charge is -2.06. The van der Waals surface area contributed by atoms with Crippen LogP contribution in [0.1, 0.15) is 5.69 Å². The first kappa shape index (κ1) is 10.7. The van der Waals surface area contributed by atoms with Crippen molar-refractivity contribution in [3.63, 3.8) is 0 Å². The molecule has 0 aliphatic heterocycles. The molecule has 78 valence electrons. The van der Waals surface area contributed by atoms with Crippen LogP contribution in [0.2, 0.25) is 0 Å². The molecule has 0 aromatic carbocycles. The summed E-state index contributed by atoms with van der Waals surface area (Å²) in [6.45, 7) is 3.18. The van der Waals surface area contributed by atoms with Crippen molar-refractivity contribution in [2.24, 2.45) is 0 Å². The van der Waals surface area contributed by atoms with Crippen LogP contribution < -0.4 is 14.8 Å². The van der Waals surface area contributed by atoms with Gasteiger partial charge in [0.25, 0.3) is 0 Å². The number of likely N-dealkylation sites (N-methyl/N-ethyl adjacent to an activating group) is 1. The molecule has 5 nitrogen and oxygen atoms in total. The second-order valence-electron chi connectivity index (χ2n) is 2.79. The normalized spacial score (nSPS) is 9.93. The molecule has 0 bridgehead atoms. The van der Waals surface area contributed by atoms with Gasteiger partial charge in [0.05, 0.1) is 7.11 Å². The maximum Gasteiger partial charge on any atom is 0.319 e. The molecule has 0 fully saturated rings. The van der Waals surface area contributed by atoms with Gasteiger partial charge in [-0.25, -0.2) is 4.98 Å². The number of rotatable bonds is 5. The van der Waals surface area contributed by atoms with E-state index in [0.29, 0.717) is 18.5 Å². The highest BCUT2D eigenvalue weighted by Crippen LogP contribution is 2.12. The molecule has 0 radical (unpaired) electrons. The van der Waals surface area contributed by atoms with E-state index in [0.717, 1.165) is 12.2 Å². The van der Waals surface area contributed by atoms with Crippen LogP contribution in [0, 0.1) is 6.92 Å². The number of hydrogen-bond acceptors (Lipinski definition) is 5. The number of methoxy groups -OCH3 is 1. The van der Waals surface area contributed by atoms with E-state index >= 15 is 0 Å². The third-order valence-corrected chi connectivity index (χ3v) is 1.60. The number of hydrogen-bond donors (Lipinski definition) is 1. The van der Waals surface area contributed by atoms with Gasteiger partial charge in [0.1, 0.15) is 6.61 Å². The Morgan fingerprint density at radius 2 is 2.21 bits per heavy atom. The smallest absolute Gasteiger partial charge is 0.319 e. The van der Waals surface area contributed by atoms with E-state index in [1.54, 1.807) is 13.2 Å². The highest BCUT2D eigenvalue weighted by atomic mass is 16.5. The maximum atomic E-state index is 5.30. The molecule has 0 atom stereocenters. The highest BCUT2D eigenvalue weighted by molar-refractivity contribution is 5.17. The van der Waals surface area contributed by atoms with E-state index in [4.69, 9.17) is 9.47 Å². The largest absolute Gasteiger partial charge is 0.481 e. The van der Waals surface area contributed by atoms with Crippen molar-refractivity contribution < 1.29 is 9.47 Å². The minimum Gasteiger partial charge on any atom is -0.481 e. The van der Waals surface area contributed by atoms with Gasteiger partial charge >= 0.3 is 6.01 Å². The van der Waals surface area contributed by atoms with Crippen molar-refractivity contribution in [3.05, 3.63) is 11.8 Å². The number of aryl methyl sites for hydroxylation is 1. The van der Waals surface area contributed by atoms with Crippen LogP contribution in [0.4, 0.5) is 0 Å². The van der Waals surface area contributed by atoms with Gasteiger partial charge < -0.3 is 14.8 Å². The van der Waals surface area contributed by atoms with E-state index in [1.165, 1.54) is 0 Å². The third kappa shape index (κ3) is 3.18. The maximum absolute atomic E-state index is 5.30. The Kier molecular flexibility index (Phi) is 4.12. The summed E-state index contributed by atoms with van der Waals surface area (Å²) in [4.78, 5) is 8.15. The fraction of sp³-hybridized carbons (Fsp3) is 0.556. The Bertz CT molecular complexity index is 291. The van der Waals surface area contributed by atoms with Crippen molar-refractivity contribution in [1.29, 1.82) is 0 Å². The lowest BCUT2D eigenvalue weighted by Crippen LogP contribution is -2.17. The number of nitrogens with one attached hydrogen (secondary N) is 1. The minimum absolute atomic E-state index is 0.358. The Morgan fingerprint density at radius 3 is 2.86 bits per heavy atom. The Hall–Kier alpha value is -1.36. The molecular weight excluding hydrogens is 182 g/mol. The second-order valence-corrected chi connectivity index (χ2v) is 2.79. The summed E-state index contributed by atoms with van der Waals surface area (Å²) < 4.78 is 10.3. The Morgan fingerprint density at radius 1 is 1.43 bits per heavy atom. The van der Waals surface area contributed by atoms with E-state index in [9.17, 15) is 0 Å². The van der Waals surface area contributed by atoms with Crippen molar-refractivity contribution in [1.82, 2.24) is 15.3 Å². The first-order valence-corrected chi connectivity index (χ1v) is 4.43. The van der Waals surface area contributed by atoms with Gasteiger partial charge in [0.2, 0.25) is 5.88 Å². The molecule has 5 heteroatoms. The van der Waals surface area contributed by atoms with Crippen LogP contribution >= 0.6 is 0 Å². The van der Waals surface area contributed by atoms with E-state index in [1.807, 2.05) is 14.0 Å². The monoisotopic (exact) mass is 197 g/mol. The summed E-state index contributed by atoms with van der Waals surface area (Å²) in [6, 6.07) is 2.11. The molecule has 0 amide bonds. The molecule has 0 aliphatic carbocycles. The molecule has 1 rings (SSSR count). The van der Waals surface area contributed by atoms with Crippen LogP contribution in [0.25, 0.3) is 0 Å². The molecular formula is C9H15N3O2. The molecule has 14 heavy (non-hydrogen) atoms. The zero-order valence-corrected chi connectivity index (χ0v) is 8.70. The van der Waals surface area contributed by atoms with Crippen molar-refractivity contribution >= 4 is 0 Å². The van der Waals surface area contributed by atoms with Gasteiger partial charge in [0, 0.05) is 18.3 Å². The summed E-state index contributed by atoms with van der Waals surface area (Å²) >= 11 is 0. The highest BCUT2D eigenvalue weighted by Gasteiger charge is 2.02. The molecule has 1 N–H and O–H groups in total. The van der Waals surface area contributed by atoms with E-state index in [2.05, 4.69) is 15.3 Å². The number of ether oxygens (including phenoxy) is 2. The standard InChI is InChI=1S/C9H15N3O2/c1-7-6-8(13-3)12-9(11-7)14-5-4-10-2/h6,10H,4-5H2,1-3H3. The SMILES string of the molecule is CNCCOc1nc(C)cc(OC)n1. The van der Waals surface area contributed by atoms with E-state index in [-0.39, 0.29) is 0 Å². The van der Waals surface area contributed by atoms with Gasteiger partial charge in [-0.3, -0.25) is 0 Å². The molecule has 0 unspecified atom stereocenters. The fourth-order valence-corrected chi connectivity index (χ4v) is 0.927. The predicted octanol–water partition coefficient (Wildman–Crippen LogP) is 0.392. The Balaban J connectivity index is 2.62. The topological polar surface area (TPSA) is 56.3 Å². The predicted molar refractivity (Wildman–Crippen MR) is 52.7 cm³/mol. The first-order chi connectivity index (χ1) is 6.76. The van der Waals surface area contributed by atoms with Crippen LogP contribution in [-0.2, 0) is 0 Å². The first-order valence-electron chi connectivity index (χ1n) is 4.43. The second kappa shape index (κ2) is 5.39. The lowest BCUT2D eigenvalue weighted by molar-refractivity contribution is 0.285. The molecule has 0 saturated carbocycles. The molecule has 1 heterocycles. The fourth-order valence-electron chi connectivity index (χ4n) is 0.927. The Labute approximate surface area is 83.5 Å². The van der Waals surface area contributed by atoms with Gasteiger partial charge in [-0.1, -0.05) is 0 Å². The quantitative estimate of drug-likeness (QED) is 0.692. The zero-order chi connectivity index (χ0) is 10.4. The van der Waals surface area contributed by atoms with Crippen molar-refractivity contribution in [2.75, 3.05) is 27.3 Å². The van der Waals surface area contributed by atoms with Crippen molar-refractivity contribution in [2.45, 2.75) is 6.92 Å². The minimum atomic E-state index is 0.358. The average molecular weight is 197 g/mol. The molecule has 0 spiro atoms. The lowest BCUT2D eigenvalue weighted by atomic mass is 10.4. The summed E-state index contributed by atoms with van der Waals surface area (Å²) in [5, 5.41) is 2.97. The van der Waals surface area contributed by atoms with Crippen LogP contribution in [-0.4, -0.2) is 37.3 Å². The molecule has 1 aromatic heterocycles. The summed E-state index contributed by atoms with van der Waals surface area (Å²) in [7, 11) is 3.43. The van der Waals surface area contributed by atoms with E-state index < -0.39 is 0 Å². The number of aromatic nitrogens is 2. The summed E-state index contributed by atoms with van der Waals surface area (Å²) in [5.74, 6) is 0.525. The molecule has 0 saturated heterocycles. The van der Waals surface area contributed by atoms with Gasteiger partial charge in [-0.15, -0.1) is 0 Å². The third-order valence-electron chi connectivity index (χ3n) is 1.60.